The van der Waals surface area contributed by atoms with Gasteiger partial charge in [0.25, 0.3) is 0 Å². The normalized spacial score (nSPS) is 12.4. The molecule has 9 rings (SSSR count). The van der Waals surface area contributed by atoms with Crippen molar-refractivity contribution in [1.29, 1.82) is 0 Å². The fraction of sp³-hybridized carbons (Fsp3) is 0.0465. The molecule has 268 valence electrons. The third kappa shape index (κ3) is 5.57. The highest BCUT2D eigenvalue weighted by molar-refractivity contribution is 6.71. The maximum absolute atomic E-state index is 11.6. The first-order valence-corrected chi connectivity index (χ1v) is 20.4. The summed E-state index contributed by atoms with van der Waals surface area (Å²) in [5.41, 5.74) is 18.0. The maximum atomic E-state index is 11.6. The number of hydrogen-bond acceptors (Lipinski definition) is 3. The van der Waals surface area contributed by atoms with E-state index < -0.39 is 10.9 Å². The van der Waals surface area contributed by atoms with Crippen LogP contribution in [0.15, 0.2) is 103 Å². The summed E-state index contributed by atoms with van der Waals surface area (Å²) in [6, 6.07) is 36.7. The van der Waals surface area contributed by atoms with E-state index in [0.29, 0.717) is 5.52 Å². The number of aromatic nitrogens is 2. The second kappa shape index (κ2) is 13.5. The van der Waals surface area contributed by atoms with Crippen LogP contribution in [0.5, 0.6) is 0 Å². The van der Waals surface area contributed by atoms with Crippen molar-refractivity contribution < 1.29 is 10.2 Å². The molecule has 0 spiro atoms. The van der Waals surface area contributed by atoms with Crippen LogP contribution >= 0.6 is 0 Å². The van der Waals surface area contributed by atoms with Crippen LogP contribution in [0.2, 0.25) is 5.11 Å². The lowest BCUT2D eigenvalue weighted by atomic mass is 9.38. The molecule has 0 aliphatic heterocycles. The second-order valence-electron chi connectivity index (χ2n) is 17.7. The van der Waals surface area contributed by atoms with Crippen LogP contribution < -0.4 is 43.7 Å². The van der Waals surface area contributed by atoms with E-state index in [9.17, 15) is 10.2 Å². The molecule has 8 aromatic carbocycles. The van der Waals surface area contributed by atoms with E-state index in [1.165, 1.54) is 98.3 Å². The van der Waals surface area contributed by atoms with Gasteiger partial charge in [0.2, 0.25) is 5.79 Å². The lowest BCUT2D eigenvalue weighted by Gasteiger charge is -2.35. The van der Waals surface area contributed by atoms with Crippen LogP contribution in [-0.4, -0.2) is 106 Å². The van der Waals surface area contributed by atoms with Gasteiger partial charge in [-0.25, -0.2) is 4.98 Å². The zero-order valence-corrected chi connectivity index (χ0v) is 35.6. The molecule has 0 unspecified atom stereocenters. The van der Waals surface area contributed by atoms with Gasteiger partial charge in [0.15, 0.2) is 5.82 Å². The maximum Gasteiger partial charge on any atom is 0.208 e. The largest absolute Gasteiger partial charge is 0.361 e. The average molecular weight is 737 g/mol. The van der Waals surface area contributed by atoms with Crippen LogP contribution in [0, 0.1) is 0 Å². The second-order valence-corrected chi connectivity index (χ2v) is 17.7. The molecule has 0 atom stereocenters. The van der Waals surface area contributed by atoms with Gasteiger partial charge in [0.1, 0.15) is 62.8 Å². The van der Waals surface area contributed by atoms with Crippen LogP contribution in [0.1, 0.15) is 5.82 Å². The van der Waals surface area contributed by atoms with Gasteiger partial charge < -0.3 is 10.2 Å². The van der Waals surface area contributed by atoms with Crippen molar-refractivity contribution in [3.05, 3.63) is 109 Å². The van der Waals surface area contributed by atoms with Gasteiger partial charge in [-0.1, -0.05) is 93.7 Å². The molecule has 0 aliphatic rings. The number of imidazole rings is 1. The van der Waals surface area contributed by atoms with E-state index in [4.69, 9.17) is 4.98 Å². The number of hydrogen-bond donors (Lipinski definition) is 2. The summed E-state index contributed by atoms with van der Waals surface area (Å²) < 4.78 is 1.90. The van der Waals surface area contributed by atoms with Crippen molar-refractivity contribution in [2.24, 2.45) is 0 Å². The van der Waals surface area contributed by atoms with Gasteiger partial charge in [-0.05, 0) is 102 Å². The molecular weight excluding hydrogens is 695 g/mol. The number of aliphatic hydroxyl groups is 2. The molecule has 2 N–H and O–H groups in total. The highest BCUT2D eigenvalue weighted by atomic mass is 16.5. The first kappa shape index (κ1) is 38.4. The van der Waals surface area contributed by atoms with E-state index in [-0.39, 0.29) is 5.82 Å². The Hall–Kier alpha value is -5.10. The summed E-state index contributed by atoms with van der Waals surface area (Å²) in [6.45, 7) is 0. The van der Waals surface area contributed by atoms with Gasteiger partial charge in [0, 0.05) is 5.69 Å². The molecule has 0 amide bonds. The Morgan fingerprint density at radius 1 is 0.448 bits per heavy atom. The Morgan fingerprint density at radius 3 is 1.38 bits per heavy atom. The summed E-state index contributed by atoms with van der Waals surface area (Å²) in [6.07, 6.45) is 0. The van der Waals surface area contributed by atoms with Crippen LogP contribution in [-0.2, 0) is 5.79 Å². The third-order valence-electron chi connectivity index (χ3n) is 13.7. The smallest absolute Gasteiger partial charge is 0.208 e. The Morgan fingerprint density at radius 2 is 0.862 bits per heavy atom. The number of para-hydroxylation sites is 2. The fourth-order valence-corrected chi connectivity index (χ4v) is 9.43. The van der Waals surface area contributed by atoms with Gasteiger partial charge in [-0.2, -0.15) is 0 Å². The van der Waals surface area contributed by atoms with Gasteiger partial charge in [-0.15, -0.1) is 21.9 Å². The van der Waals surface area contributed by atoms with Crippen molar-refractivity contribution in [1.82, 2.24) is 9.55 Å². The highest BCUT2D eigenvalue weighted by Crippen LogP contribution is 2.43. The quantitative estimate of drug-likeness (QED) is 0.105. The first-order valence-electron chi connectivity index (χ1n) is 20.4. The SMILES string of the molecule is Bc1c(B)c(B)c2c(-c3ccc4cc(-n5c(C(O)(O)C(B)(B)B)nc6ccccc65)ccc4c3)c3c(B)c(B)c(B)c(B)c3c(-c3ccc4ccccc4c3)c2c1B. The predicted octanol–water partition coefficient (Wildman–Crippen LogP) is -6.85. The average Bonchev–Trinajstić information content (AvgIpc) is 3.62. The summed E-state index contributed by atoms with van der Waals surface area (Å²) >= 11 is 0. The Kier molecular flexibility index (Phi) is 8.93. The minimum Gasteiger partial charge on any atom is -0.361 e. The van der Waals surface area contributed by atoms with Gasteiger partial charge >= 0.3 is 0 Å². The summed E-state index contributed by atoms with van der Waals surface area (Å²) in [5, 5.41) is 32.2. The number of nitrogens with zero attached hydrogens (tertiary/aromatic N) is 2. The third-order valence-corrected chi connectivity index (χ3v) is 13.7. The lowest BCUT2D eigenvalue weighted by molar-refractivity contribution is -0.175. The van der Waals surface area contributed by atoms with E-state index in [2.05, 4.69) is 142 Å². The molecule has 0 fully saturated rings. The van der Waals surface area contributed by atoms with Crippen molar-refractivity contribution in [3.8, 4) is 27.9 Å². The Labute approximate surface area is 350 Å². The predicted molar refractivity (Wildman–Crippen MR) is 282 cm³/mol. The lowest BCUT2D eigenvalue weighted by Crippen LogP contribution is -2.50. The molecule has 15 heteroatoms. The van der Waals surface area contributed by atoms with E-state index in [1.807, 2.05) is 52.4 Å². The van der Waals surface area contributed by atoms with Gasteiger partial charge in [0.05, 0.1) is 34.6 Å². The molecular formula is C43H41B11N2O2. The molecule has 0 bridgehead atoms. The zero-order valence-electron chi connectivity index (χ0n) is 35.6. The zero-order chi connectivity index (χ0) is 41.2. The van der Waals surface area contributed by atoms with Crippen molar-refractivity contribution in [2.45, 2.75) is 10.9 Å². The van der Waals surface area contributed by atoms with E-state index in [1.54, 1.807) is 0 Å². The molecule has 1 heterocycles. The van der Waals surface area contributed by atoms with Gasteiger partial charge in [-0.3, -0.25) is 4.57 Å². The molecule has 9 aromatic rings. The van der Waals surface area contributed by atoms with Crippen LogP contribution in [0.25, 0.3) is 82.1 Å². The molecule has 4 nitrogen and oxygen atoms in total. The molecule has 0 aliphatic carbocycles. The van der Waals surface area contributed by atoms with E-state index >= 15 is 0 Å². The first-order chi connectivity index (χ1) is 27.5. The highest BCUT2D eigenvalue weighted by Gasteiger charge is 2.44. The standard InChI is InChI=1S/C43H41B11N2O2/c44-33-29-27(22-11-9-18-5-1-2-6-19(18)15-22)30-32(36(47)40(51)38(49)34(30)45)28(31(29)35(46)39(50)37(33)48)23-12-10-21-17-24(14-13-20(21)16-23)56-26-8-4-3-7-25(26)55-41(56)42(57,58)43(52,53)54/h1-17,57-58H,44-54H2. The minimum absolute atomic E-state index is 0.203. The fourth-order valence-electron chi connectivity index (χ4n) is 9.43. The molecule has 1 aromatic heterocycles. The molecule has 0 saturated heterocycles. The number of fused-ring (bicyclic) bond motifs is 5. The molecule has 0 radical (unpaired) electrons. The van der Waals surface area contributed by atoms with E-state index in [0.717, 1.165) is 22.0 Å². The Bertz CT molecular complexity index is 3170. The molecule has 58 heavy (non-hydrogen) atoms. The van der Waals surface area contributed by atoms with Crippen molar-refractivity contribution in [2.75, 3.05) is 0 Å². The topological polar surface area (TPSA) is 58.3 Å². The van der Waals surface area contributed by atoms with Crippen LogP contribution in [0.3, 0.4) is 0 Å². The number of benzene rings is 8. The summed E-state index contributed by atoms with van der Waals surface area (Å²) in [4.78, 5) is 4.78. The minimum atomic E-state index is -2.18. The number of rotatable bonds is 5. The summed E-state index contributed by atoms with van der Waals surface area (Å²) in [5.74, 6) is -1.97. The monoisotopic (exact) mass is 738 g/mol. The molecule has 0 saturated carbocycles. The van der Waals surface area contributed by atoms with Crippen molar-refractivity contribution >= 4 is 184 Å². The Balaban J connectivity index is 1.36. The van der Waals surface area contributed by atoms with Crippen LogP contribution in [0.4, 0.5) is 0 Å². The van der Waals surface area contributed by atoms with Crippen molar-refractivity contribution in [3.63, 3.8) is 0 Å². The summed E-state index contributed by atoms with van der Waals surface area (Å²) in [7, 11) is 23.8.